The number of hydrogen-bond acceptors (Lipinski definition) is 7. The molecule has 1 saturated heterocycles. The molecule has 9 nitrogen and oxygen atoms in total. The standard InChI is InChI=1S/C19H25N5O4/c1-10(2)17(26)24-7-13-5-14(22-16(25)15-8-27-12(4)21-15)6-19(13,9-24)18-20-11(3)23-28-18/h8,10,13-14H,5-7,9H2,1-4H3,(H,22,25). The first-order valence-corrected chi connectivity index (χ1v) is 9.61. The molecule has 1 aliphatic carbocycles. The second-order valence-electron chi connectivity index (χ2n) is 8.24. The lowest BCUT2D eigenvalue weighted by Crippen LogP contribution is -2.40. The van der Waals surface area contributed by atoms with Crippen molar-refractivity contribution in [1.29, 1.82) is 0 Å². The van der Waals surface area contributed by atoms with Gasteiger partial charge in [-0.05, 0) is 25.7 Å². The highest BCUT2D eigenvalue weighted by atomic mass is 16.5. The van der Waals surface area contributed by atoms with Gasteiger partial charge in [0.15, 0.2) is 17.4 Å². The molecule has 2 fully saturated rings. The number of nitrogens with one attached hydrogen (secondary N) is 1. The number of carbonyl (C=O) groups excluding carboxylic acids is 2. The monoisotopic (exact) mass is 387 g/mol. The number of oxazole rings is 1. The predicted molar refractivity (Wildman–Crippen MR) is 97.3 cm³/mol. The van der Waals surface area contributed by atoms with Crippen LogP contribution in [0, 0.1) is 25.7 Å². The summed E-state index contributed by atoms with van der Waals surface area (Å²) >= 11 is 0. The third-order valence-corrected chi connectivity index (χ3v) is 5.82. The van der Waals surface area contributed by atoms with Crippen LogP contribution in [0.2, 0.25) is 0 Å². The smallest absolute Gasteiger partial charge is 0.273 e. The first kappa shape index (κ1) is 18.6. The first-order valence-electron chi connectivity index (χ1n) is 9.61. The summed E-state index contributed by atoms with van der Waals surface area (Å²) in [6.45, 7) is 8.46. The summed E-state index contributed by atoms with van der Waals surface area (Å²) in [6.07, 6.45) is 2.75. The van der Waals surface area contributed by atoms with Gasteiger partial charge in [-0.2, -0.15) is 4.98 Å². The summed E-state index contributed by atoms with van der Waals surface area (Å²) in [5, 5.41) is 7.01. The zero-order chi connectivity index (χ0) is 20.1. The molecule has 0 radical (unpaired) electrons. The molecule has 3 atom stereocenters. The molecule has 9 heteroatoms. The van der Waals surface area contributed by atoms with E-state index in [-0.39, 0.29) is 35.4 Å². The van der Waals surface area contributed by atoms with E-state index in [2.05, 4.69) is 20.4 Å². The van der Waals surface area contributed by atoms with Gasteiger partial charge < -0.3 is 19.2 Å². The largest absolute Gasteiger partial charge is 0.448 e. The molecule has 2 aromatic heterocycles. The lowest BCUT2D eigenvalue weighted by Gasteiger charge is -2.26. The summed E-state index contributed by atoms with van der Waals surface area (Å²) in [5.41, 5.74) is -0.155. The van der Waals surface area contributed by atoms with E-state index < -0.39 is 5.41 Å². The van der Waals surface area contributed by atoms with Crippen molar-refractivity contribution in [2.24, 2.45) is 11.8 Å². The highest BCUT2D eigenvalue weighted by molar-refractivity contribution is 5.92. The molecule has 1 N–H and O–H groups in total. The summed E-state index contributed by atoms with van der Waals surface area (Å²) in [7, 11) is 0. The predicted octanol–water partition coefficient (Wildman–Crippen LogP) is 1.62. The van der Waals surface area contributed by atoms with Crippen molar-refractivity contribution in [2.45, 2.75) is 52.0 Å². The van der Waals surface area contributed by atoms with Crippen LogP contribution >= 0.6 is 0 Å². The molecule has 3 heterocycles. The lowest BCUT2D eigenvalue weighted by atomic mass is 9.80. The van der Waals surface area contributed by atoms with Gasteiger partial charge in [0, 0.05) is 32.0 Å². The molecule has 4 rings (SSSR count). The fourth-order valence-corrected chi connectivity index (χ4v) is 4.57. The average Bonchev–Trinajstić information content (AvgIpc) is 3.37. The Bertz CT molecular complexity index is 904. The van der Waals surface area contributed by atoms with E-state index in [1.54, 1.807) is 13.8 Å². The van der Waals surface area contributed by atoms with Crippen LogP contribution in [-0.2, 0) is 10.2 Å². The Morgan fingerprint density at radius 3 is 2.71 bits per heavy atom. The number of likely N-dealkylation sites (tertiary alicyclic amines) is 1. The summed E-state index contributed by atoms with van der Waals surface area (Å²) in [4.78, 5) is 35.5. The topological polar surface area (TPSA) is 114 Å². The molecule has 1 aliphatic heterocycles. The van der Waals surface area contributed by atoms with Crippen LogP contribution in [0.5, 0.6) is 0 Å². The molecule has 2 aliphatic rings. The van der Waals surface area contributed by atoms with Crippen LogP contribution in [0.1, 0.15) is 54.8 Å². The molecule has 0 aromatic carbocycles. The maximum atomic E-state index is 12.6. The SMILES string of the molecule is Cc1noc(C23CC(NC(=O)c4coc(C)n4)CC2CN(C(=O)C(C)C)C3)n1. The zero-order valence-electron chi connectivity index (χ0n) is 16.6. The van der Waals surface area contributed by atoms with Crippen molar-refractivity contribution < 1.29 is 18.5 Å². The van der Waals surface area contributed by atoms with Crippen molar-refractivity contribution in [3.63, 3.8) is 0 Å². The molecule has 2 amide bonds. The fraction of sp³-hybridized carbons (Fsp3) is 0.632. The van der Waals surface area contributed by atoms with Gasteiger partial charge in [0.05, 0.1) is 5.41 Å². The maximum absolute atomic E-state index is 12.6. The minimum atomic E-state index is -0.427. The van der Waals surface area contributed by atoms with Crippen molar-refractivity contribution in [3.8, 4) is 0 Å². The van der Waals surface area contributed by atoms with Gasteiger partial charge in [0.25, 0.3) is 5.91 Å². The van der Waals surface area contributed by atoms with Gasteiger partial charge in [-0.25, -0.2) is 4.98 Å². The Morgan fingerprint density at radius 2 is 2.11 bits per heavy atom. The molecule has 0 bridgehead atoms. The minimum Gasteiger partial charge on any atom is -0.448 e. The van der Waals surface area contributed by atoms with Crippen LogP contribution < -0.4 is 5.32 Å². The van der Waals surface area contributed by atoms with E-state index in [0.717, 1.165) is 6.42 Å². The van der Waals surface area contributed by atoms with Crippen molar-refractivity contribution in [1.82, 2.24) is 25.3 Å². The van der Waals surface area contributed by atoms with E-state index in [9.17, 15) is 9.59 Å². The van der Waals surface area contributed by atoms with Crippen LogP contribution in [0.3, 0.4) is 0 Å². The molecular formula is C19H25N5O4. The van der Waals surface area contributed by atoms with E-state index in [4.69, 9.17) is 8.94 Å². The minimum absolute atomic E-state index is 0.0574. The number of amides is 2. The Balaban J connectivity index is 1.56. The molecular weight excluding hydrogens is 362 g/mol. The maximum Gasteiger partial charge on any atom is 0.273 e. The van der Waals surface area contributed by atoms with Crippen molar-refractivity contribution in [3.05, 3.63) is 29.6 Å². The molecule has 3 unspecified atom stereocenters. The molecule has 2 aromatic rings. The molecule has 28 heavy (non-hydrogen) atoms. The number of hydrogen-bond donors (Lipinski definition) is 1. The Hall–Kier alpha value is -2.71. The quantitative estimate of drug-likeness (QED) is 0.848. The van der Waals surface area contributed by atoms with Gasteiger partial charge in [0.1, 0.15) is 6.26 Å². The molecule has 0 spiro atoms. The summed E-state index contributed by atoms with van der Waals surface area (Å²) in [6, 6.07) is -0.0574. The number of aryl methyl sites for hydroxylation is 2. The second-order valence-corrected chi connectivity index (χ2v) is 8.24. The fourth-order valence-electron chi connectivity index (χ4n) is 4.57. The number of fused-ring (bicyclic) bond motifs is 1. The molecule has 150 valence electrons. The van der Waals surface area contributed by atoms with E-state index in [0.29, 0.717) is 37.1 Å². The van der Waals surface area contributed by atoms with Gasteiger partial charge >= 0.3 is 0 Å². The summed E-state index contributed by atoms with van der Waals surface area (Å²) in [5.74, 6) is 1.54. The lowest BCUT2D eigenvalue weighted by molar-refractivity contribution is -0.133. The average molecular weight is 387 g/mol. The Labute approximate surface area is 162 Å². The van der Waals surface area contributed by atoms with E-state index >= 15 is 0 Å². The van der Waals surface area contributed by atoms with Gasteiger partial charge in [-0.3, -0.25) is 9.59 Å². The number of nitrogens with zero attached hydrogens (tertiary/aromatic N) is 4. The highest BCUT2D eigenvalue weighted by Gasteiger charge is 2.58. The Morgan fingerprint density at radius 1 is 1.32 bits per heavy atom. The highest BCUT2D eigenvalue weighted by Crippen LogP contribution is 2.50. The second kappa shape index (κ2) is 6.72. The third kappa shape index (κ3) is 3.08. The van der Waals surface area contributed by atoms with Gasteiger partial charge in [-0.15, -0.1) is 0 Å². The van der Waals surface area contributed by atoms with Gasteiger partial charge in [-0.1, -0.05) is 19.0 Å². The van der Waals surface area contributed by atoms with Crippen molar-refractivity contribution >= 4 is 11.8 Å². The third-order valence-electron chi connectivity index (χ3n) is 5.82. The van der Waals surface area contributed by atoms with Crippen LogP contribution in [-0.4, -0.2) is 51.0 Å². The van der Waals surface area contributed by atoms with Crippen LogP contribution in [0.15, 0.2) is 15.2 Å². The van der Waals surface area contributed by atoms with Crippen LogP contribution in [0.25, 0.3) is 0 Å². The van der Waals surface area contributed by atoms with Gasteiger partial charge in [0.2, 0.25) is 11.8 Å². The van der Waals surface area contributed by atoms with E-state index in [1.165, 1.54) is 6.26 Å². The number of rotatable bonds is 4. The van der Waals surface area contributed by atoms with Crippen LogP contribution in [0.4, 0.5) is 0 Å². The molecule has 1 saturated carbocycles. The van der Waals surface area contributed by atoms with Crippen molar-refractivity contribution in [2.75, 3.05) is 13.1 Å². The zero-order valence-corrected chi connectivity index (χ0v) is 16.6. The normalized spacial score (nSPS) is 26.7. The summed E-state index contributed by atoms with van der Waals surface area (Å²) < 4.78 is 10.7. The first-order chi connectivity index (χ1) is 13.3. The number of aromatic nitrogens is 3. The number of carbonyl (C=O) groups is 2. The van der Waals surface area contributed by atoms with E-state index in [1.807, 2.05) is 18.7 Å². The Kier molecular flexibility index (Phi) is 4.47.